The summed E-state index contributed by atoms with van der Waals surface area (Å²) in [6.07, 6.45) is -0.902. The van der Waals surface area contributed by atoms with Gasteiger partial charge < -0.3 is 18.1 Å². The molecule has 0 spiro atoms. The van der Waals surface area contributed by atoms with E-state index < -0.39 is 21.9 Å². The molecule has 0 aliphatic rings. The second-order valence-electron chi connectivity index (χ2n) is 9.18. The van der Waals surface area contributed by atoms with Crippen LogP contribution in [-0.2, 0) is 24.6 Å². The molecule has 220 valence electrons. The van der Waals surface area contributed by atoms with E-state index >= 15 is 0 Å². The minimum atomic E-state index is -4.45. The molecule has 43 heavy (non-hydrogen) atoms. The van der Waals surface area contributed by atoms with Crippen LogP contribution in [0.4, 0.5) is 0 Å². The van der Waals surface area contributed by atoms with Crippen molar-refractivity contribution < 1.29 is 36.3 Å². The van der Waals surface area contributed by atoms with Crippen molar-refractivity contribution in [3.8, 4) is 23.0 Å². The number of hydrogen-bond acceptors (Lipinski definition) is 8. The Balaban J connectivity index is 1.47. The first-order valence-electron chi connectivity index (χ1n) is 13.6. The van der Waals surface area contributed by atoms with E-state index in [0.717, 1.165) is 5.56 Å². The molecule has 8 nitrogen and oxygen atoms in total. The highest BCUT2D eigenvalue weighted by Gasteiger charge is 2.41. The highest BCUT2D eigenvalue weighted by molar-refractivity contribution is 7.50. The summed E-state index contributed by atoms with van der Waals surface area (Å²) in [6.45, 7) is 0. The van der Waals surface area contributed by atoms with E-state index in [-0.39, 0.29) is 29.4 Å². The summed E-state index contributed by atoms with van der Waals surface area (Å²) in [5, 5.41) is 0. The highest BCUT2D eigenvalue weighted by atomic mass is 31.2. The topological polar surface area (TPSA) is 89.5 Å². The lowest BCUT2D eigenvalue weighted by Crippen LogP contribution is -2.22. The maximum absolute atomic E-state index is 14.3. The van der Waals surface area contributed by atoms with E-state index in [0.29, 0.717) is 6.42 Å². The number of aryl methyl sites for hydroxylation is 1. The molecule has 0 atom stereocenters. The molecule has 0 aliphatic heterocycles. The minimum Gasteiger partial charge on any atom is -0.395 e. The Morgan fingerprint density at radius 1 is 0.419 bits per heavy atom. The molecule has 5 rings (SSSR count). The van der Waals surface area contributed by atoms with Gasteiger partial charge in [-0.2, -0.15) is 0 Å². The van der Waals surface area contributed by atoms with Crippen molar-refractivity contribution in [2.24, 2.45) is 0 Å². The molecule has 0 aliphatic carbocycles. The Morgan fingerprint density at radius 3 is 1.00 bits per heavy atom. The molecule has 0 saturated heterocycles. The first-order valence-corrected chi connectivity index (χ1v) is 16.5. The molecule has 0 amide bonds. The monoisotopic (exact) mass is 616 g/mol. The third-order valence-corrected chi connectivity index (χ3v) is 8.57. The first-order chi connectivity index (χ1) is 21.0. The van der Waals surface area contributed by atoms with Gasteiger partial charge in [-0.25, -0.2) is 18.2 Å². The summed E-state index contributed by atoms with van der Waals surface area (Å²) < 4.78 is 63.7. The Bertz CT molecular complexity index is 1430. The molecule has 0 heterocycles. The lowest BCUT2D eigenvalue weighted by molar-refractivity contribution is -0.0318. The maximum atomic E-state index is 14.3. The van der Waals surface area contributed by atoms with Crippen LogP contribution in [0.5, 0.6) is 23.0 Å². The average Bonchev–Trinajstić information content (AvgIpc) is 3.02. The zero-order valence-corrected chi connectivity index (χ0v) is 24.9. The molecule has 0 aromatic heterocycles. The summed E-state index contributed by atoms with van der Waals surface area (Å²) in [5.74, 6) is 0.973. The SMILES string of the molecule is O=P(Oc1ccccc1)(Oc1ccccc1)OC(CCc1ccccc1)OP(=O)(Oc1ccccc1)Oc1ccccc1. The van der Waals surface area contributed by atoms with Gasteiger partial charge in [-0.05, 0) is 60.5 Å². The van der Waals surface area contributed by atoms with Crippen LogP contribution in [0, 0.1) is 0 Å². The van der Waals surface area contributed by atoms with Gasteiger partial charge in [0.15, 0.2) is 6.29 Å². The zero-order chi connectivity index (χ0) is 29.8. The Labute approximate surface area is 251 Å². The van der Waals surface area contributed by atoms with Crippen LogP contribution < -0.4 is 18.1 Å². The van der Waals surface area contributed by atoms with Gasteiger partial charge in [0.2, 0.25) is 0 Å². The van der Waals surface area contributed by atoms with Crippen molar-refractivity contribution in [2.75, 3.05) is 0 Å². The van der Waals surface area contributed by atoms with Crippen LogP contribution in [0.1, 0.15) is 12.0 Å². The molecule has 0 bridgehead atoms. The minimum absolute atomic E-state index is 0.102. The summed E-state index contributed by atoms with van der Waals surface area (Å²) in [6, 6.07) is 43.5. The second-order valence-corrected chi connectivity index (χ2v) is 12.1. The Morgan fingerprint density at radius 2 is 0.698 bits per heavy atom. The molecule has 0 radical (unpaired) electrons. The fraction of sp³-hybridized carbons (Fsp3) is 0.0909. The quantitative estimate of drug-likeness (QED) is 0.0849. The van der Waals surface area contributed by atoms with E-state index in [1.54, 1.807) is 121 Å². The predicted molar refractivity (Wildman–Crippen MR) is 164 cm³/mol. The number of phosphoric ester groups is 2. The summed E-state index contributed by atoms with van der Waals surface area (Å²) in [4.78, 5) is 0. The zero-order valence-electron chi connectivity index (χ0n) is 23.1. The molecular weight excluding hydrogens is 586 g/mol. The third kappa shape index (κ3) is 9.60. The lowest BCUT2D eigenvalue weighted by atomic mass is 10.1. The van der Waals surface area contributed by atoms with E-state index in [9.17, 15) is 9.13 Å². The maximum Gasteiger partial charge on any atom is 0.589 e. The second kappa shape index (κ2) is 14.7. The van der Waals surface area contributed by atoms with Crippen LogP contribution in [0.2, 0.25) is 0 Å². The van der Waals surface area contributed by atoms with Gasteiger partial charge in [0.05, 0.1) is 0 Å². The normalized spacial score (nSPS) is 11.6. The van der Waals surface area contributed by atoms with Crippen LogP contribution >= 0.6 is 15.6 Å². The van der Waals surface area contributed by atoms with Crippen molar-refractivity contribution >= 4 is 15.6 Å². The largest absolute Gasteiger partial charge is 0.589 e. The van der Waals surface area contributed by atoms with Crippen LogP contribution in [0.3, 0.4) is 0 Å². The molecule has 0 saturated carbocycles. The molecule has 0 unspecified atom stereocenters. The van der Waals surface area contributed by atoms with Crippen molar-refractivity contribution in [2.45, 2.75) is 19.1 Å². The molecule has 10 heteroatoms. The first kappa shape index (κ1) is 30.1. The third-order valence-electron chi connectivity index (χ3n) is 5.85. The van der Waals surface area contributed by atoms with E-state index in [1.807, 2.05) is 30.3 Å². The summed E-state index contributed by atoms with van der Waals surface area (Å²) >= 11 is 0. The summed E-state index contributed by atoms with van der Waals surface area (Å²) in [7, 11) is -8.90. The Kier molecular flexibility index (Phi) is 10.3. The van der Waals surface area contributed by atoms with Crippen molar-refractivity contribution in [3.63, 3.8) is 0 Å². The highest BCUT2D eigenvalue weighted by Crippen LogP contribution is 2.56. The van der Waals surface area contributed by atoms with E-state index in [4.69, 9.17) is 27.1 Å². The van der Waals surface area contributed by atoms with Gasteiger partial charge in [0.25, 0.3) is 0 Å². The standard InChI is InChI=1S/C33H30O8P2/c34-42(36-29-18-8-2-9-19-29,37-30-20-10-3-11-21-30)40-33(27-26-28-16-6-1-7-17-28)41-43(35,38-31-22-12-4-13-23-31)39-32-24-14-5-15-25-32/h1-25,33H,26-27H2. The van der Waals surface area contributed by atoms with E-state index in [2.05, 4.69) is 0 Å². The van der Waals surface area contributed by atoms with Gasteiger partial charge in [0, 0.05) is 6.42 Å². The fourth-order valence-corrected chi connectivity index (χ4v) is 6.61. The van der Waals surface area contributed by atoms with Crippen molar-refractivity contribution in [1.82, 2.24) is 0 Å². The predicted octanol–water partition coefficient (Wildman–Crippen LogP) is 9.51. The van der Waals surface area contributed by atoms with Gasteiger partial charge in [-0.3, -0.25) is 0 Å². The molecule has 5 aromatic rings. The van der Waals surface area contributed by atoms with Gasteiger partial charge in [-0.15, -0.1) is 0 Å². The Hall–Kier alpha value is -4.32. The number of rotatable bonds is 15. The van der Waals surface area contributed by atoms with Crippen LogP contribution in [0.15, 0.2) is 152 Å². The smallest absolute Gasteiger partial charge is 0.395 e. The lowest BCUT2D eigenvalue weighted by Gasteiger charge is -2.27. The molecular formula is C33H30O8P2. The van der Waals surface area contributed by atoms with E-state index in [1.165, 1.54) is 0 Å². The fourth-order valence-electron chi connectivity index (χ4n) is 3.91. The van der Waals surface area contributed by atoms with Crippen molar-refractivity contribution in [3.05, 3.63) is 157 Å². The number of benzene rings is 5. The van der Waals surface area contributed by atoms with Crippen LogP contribution in [-0.4, -0.2) is 6.29 Å². The number of para-hydroxylation sites is 4. The molecule has 0 fully saturated rings. The van der Waals surface area contributed by atoms with Gasteiger partial charge >= 0.3 is 15.6 Å². The number of hydrogen-bond donors (Lipinski definition) is 0. The average molecular weight is 617 g/mol. The molecule has 5 aromatic carbocycles. The van der Waals surface area contributed by atoms with Gasteiger partial charge in [-0.1, -0.05) is 103 Å². The molecule has 0 N–H and O–H groups in total. The summed E-state index contributed by atoms with van der Waals surface area (Å²) in [5.41, 5.74) is 0.949. The van der Waals surface area contributed by atoms with Crippen molar-refractivity contribution in [1.29, 1.82) is 0 Å². The van der Waals surface area contributed by atoms with Gasteiger partial charge in [0.1, 0.15) is 23.0 Å². The number of phosphoric acid groups is 2. The van der Waals surface area contributed by atoms with Crippen LogP contribution in [0.25, 0.3) is 0 Å².